The van der Waals surface area contributed by atoms with Crippen LogP contribution in [0.2, 0.25) is 0 Å². The molecule has 2 amide bonds. The molecule has 6 heteroatoms. The topological polar surface area (TPSA) is 71.6 Å². The minimum Gasteiger partial charge on any atom is -0.385 e. The van der Waals surface area contributed by atoms with Crippen molar-refractivity contribution in [3.8, 4) is 12.3 Å². The highest BCUT2D eigenvalue weighted by Gasteiger charge is 2.38. The number of hydrogen-bond acceptors (Lipinski definition) is 4. The van der Waals surface area contributed by atoms with E-state index in [9.17, 15) is 4.79 Å². The zero-order valence-corrected chi connectivity index (χ0v) is 10.4. The molecule has 17 heavy (non-hydrogen) atoms. The number of nitrogens with two attached hydrogens (primary N) is 1. The van der Waals surface area contributed by atoms with Crippen LogP contribution in [-0.4, -0.2) is 27.8 Å². The first kappa shape index (κ1) is 11.6. The number of thiazole rings is 1. The molecule has 1 aromatic rings. The van der Waals surface area contributed by atoms with Crippen LogP contribution in [0.4, 0.5) is 4.79 Å². The summed E-state index contributed by atoms with van der Waals surface area (Å²) in [6, 6.07) is -1.18. The molecule has 2 N–H and O–H groups in total. The Bertz CT molecular complexity index is 528. The van der Waals surface area contributed by atoms with Crippen molar-refractivity contribution in [2.45, 2.75) is 25.9 Å². The maximum absolute atomic E-state index is 11.7. The number of nitrogens with zero attached hydrogens (tertiary/aromatic N) is 3. The predicted octanol–water partition coefficient (Wildman–Crippen LogP) is 1.31. The van der Waals surface area contributed by atoms with Crippen molar-refractivity contribution in [1.29, 1.82) is 0 Å². The Morgan fingerprint density at radius 1 is 1.71 bits per heavy atom. The lowest BCUT2D eigenvalue weighted by Gasteiger charge is -2.25. The number of aliphatic imine (C=N–C) groups is 1. The van der Waals surface area contributed by atoms with Gasteiger partial charge in [-0.15, -0.1) is 17.8 Å². The van der Waals surface area contributed by atoms with Crippen LogP contribution in [0.3, 0.4) is 0 Å². The van der Waals surface area contributed by atoms with Crippen molar-refractivity contribution in [3.63, 3.8) is 0 Å². The number of amides is 2. The lowest BCUT2D eigenvalue weighted by Crippen LogP contribution is -2.38. The number of urea groups is 1. The van der Waals surface area contributed by atoms with Gasteiger partial charge in [0.1, 0.15) is 16.9 Å². The SMILES string of the molecule is C#CC(C)N1C(=O)N=C(N)C1c1nc(C)cs1. The van der Waals surface area contributed by atoms with E-state index in [-0.39, 0.29) is 11.9 Å². The van der Waals surface area contributed by atoms with Crippen molar-refractivity contribution in [2.24, 2.45) is 10.7 Å². The summed E-state index contributed by atoms with van der Waals surface area (Å²) in [6.45, 7) is 3.65. The van der Waals surface area contributed by atoms with Gasteiger partial charge in [0.25, 0.3) is 0 Å². The fraction of sp³-hybridized carbons (Fsp3) is 0.364. The summed E-state index contributed by atoms with van der Waals surface area (Å²) < 4.78 is 0. The normalized spacial score (nSPS) is 21.2. The van der Waals surface area contributed by atoms with Crippen molar-refractivity contribution in [3.05, 3.63) is 16.1 Å². The molecule has 1 aliphatic heterocycles. The number of carbonyl (C=O) groups excluding carboxylic acids is 1. The molecule has 2 atom stereocenters. The standard InChI is InChI=1S/C11H12N4OS/c1-4-7(3)15-8(9(12)14-11(15)16)10-13-6(2)5-17-10/h1,5,7-8H,2-3H3,(H2,12,14,16). The molecule has 0 aliphatic carbocycles. The Kier molecular flexibility index (Phi) is 2.86. The minimum absolute atomic E-state index is 0.256. The van der Waals surface area contributed by atoms with Gasteiger partial charge >= 0.3 is 6.03 Å². The Hall–Kier alpha value is -1.87. The highest BCUT2D eigenvalue weighted by atomic mass is 32.1. The van der Waals surface area contributed by atoms with Crippen LogP contribution in [0, 0.1) is 19.3 Å². The zero-order valence-electron chi connectivity index (χ0n) is 9.54. The second-order valence-corrected chi connectivity index (χ2v) is 4.69. The second-order valence-electron chi connectivity index (χ2n) is 3.80. The van der Waals surface area contributed by atoms with E-state index in [2.05, 4.69) is 15.9 Å². The molecule has 1 aliphatic rings. The lowest BCUT2D eigenvalue weighted by molar-refractivity contribution is 0.199. The molecule has 2 unspecified atom stereocenters. The molecule has 5 nitrogen and oxygen atoms in total. The third-order valence-corrected chi connectivity index (χ3v) is 3.55. The van der Waals surface area contributed by atoms with Crippen LogP contribution in [0.5, 0.6) is 0 Å². The highest BCUT2D eigenvalue weighted by Crippen LogP contribution is 2.30. The number of amidine groups is 1. The van der Waals surface area contributed by atoms with Crippen molar-refractivity contribution >= 4 is 23.2 Å². The molecule has 0 saturated heterocycles. The fourth-order valence-electron chi connectivity index (χ4n) is 1.70. The predicted molar refractivity (Wildman–Crippen MR) is 66.7 cm³/mol. The van der Waals surface area contributed by atoms with Crippen molar-refractivity contribution < 1.29 is 4.79 Å². The molecule has 2 rings (SSSR count). The van der Waals surface area contributed by atoms with E-state index in [0.717, 1.165) is 10.7 Å². The molecule has 0 fully saturated rings. The van der Waals surface area contributed by atoms with Gasteiger partial charge in [-0.1, -0.05) is 5.92 Å². The third-order valence-electron chi connectivity index (χ3n) is 2.53. The average Bonchev–Trinajstić information content (AvgIpc) is 2.81. The van der Waals surface area contributed by atoms with Gasteiger partial charge in [0.2, 0.25) is 0 Å². The summed E-state index contributed by atoms with van der Waals surface area (Å²) in [5, 5.41) is 2.65. The maximum Gasteiger partial charge on any atom is 0.347 e. The Balaban J connectivity index is 2.40. The minimum atomic E-state index is -0.424. The molecular weight excluding hydrogens is 236 g/mol. The van der Waals surface area contributed by atoms with E-state index in [1.54, 1.807) is 6.92 Å². The maximum atomic E-state index is 11.7. The van der Waals surface area contributed by atoms with Gasteiger partial charge in [0.05, 0.1) is 6.04 Å². The summed E-state index contributed by atoms with van der Waals surface area (Å²) in [7, 11) is 0. The summed E-state index contributed by atoms with van der Waals surface area (Å²) in [4.78, 5) is 21.3. The Morgan fingerprint density at radius 2 is 2.41 bits per heavy atom. The van der Waals surface area contributed by atoms with Crippen LogP contribution >= 0.6 is 11.3 Å². The van der Waals surface area contributed by atoms with Crippen LogP contribution in [-0.2, 0) is 0 Å². The molecule has 1 aromatic heterocycles. The van der Waals surface area contributed by atoms with Crippen molar-refractivity contribution in [1.82, 2.24) is 9.88 Å². The van der Waals surface area contributed by atoms with Crippen LogP contribution in [0.25, 0.3) is 0 Å². The molecule has 0 bridgehead atoms. The van der Waals surface area contributed by atoms with E-state index in [1.807, 2.05) is 12.3 Å². The molecule has 0 radical (unpaired) electrons. The van der Waals surface area contributed by atoms with Gasteiger partial charge < -0.3 is 5.73 Å². The van der Waals surface area contributed by atoms with Gasteiger partial charge in [0.15, 0.2) is 0 Å². The van der Waals surface area contributed by atoms with E-state index in [0.29, 0.717) is 0 Å². The molecule has 88 valence electrons. The van der Waals surface area contributed by atoms with Gasteiger partial charge in [-0.3, -0.25) is 4.90 Å². The second kappa shape index (κ2) is 4.18. The highest BCUT2D eigenvalue weighted by molar-refractivity contribution is 7.09. The number of aromatic nitrogens is 1. The Morgan fingerprint density at radius 3 is 2.94 bits per heavy atom. The average molecular weight is 248 g/mol. The number of rotatable bonds is 2. The largest absolute Gasteiger partial charge is 0.385 e. The van der Waals surface area contributed by atoms with Crippen LogP contribution in [0.15, 0.2) is 10.4 Å². The van der Waals surface area contributed by atoms with E-state index >= 15 is 0 Å². The molecule has 2 heterocycles. The smallest absolute Gasteiger partial charge is 0.347 e. The Labute approximate surface area is 103 Å². The third kappa shape index (κ3) is 1.89. The van der Waals surface area contributed by atoms with Gasteiger partial charge in [-0.05, 0) is 13.8 Å². The zero-order chi connectivity index (χ0) is 12.6. The summed E-state index contributed by atoms with van der Waals surface area (Å²) in [5.74, 6) is 2.77. The van der Waals surface area contributed by atoms with Gasteiger partial charge in [0, 0.05) is 11.1 Å². The van der Waals surface area contributed by atoms with E-state index in [1.165, 1.54) is 16.2 Å². The molecule has 0 aromatic carbocycles. The van der Waals surface area contributed by atoms with Crippen LogP contribution in [0.1, 0.15) is 23.7 Å². The quantitative estimate of drug-likeness (QED) is 0.802. The van der Waals surface area contributed by atoms with Gasteiger partial charge in [-0.2, -0.15) is 4.99 Å². The van der Waals surface area contributed by atoms with E-state index in [4.69, 9.17) is 12.2 Å². The molecular formula is C11H12N4OS. The van der Waals surface area contributed by atoms with Crippen molar-refractivity contribution in [2.75, 3.05) is 0 Å². The summed E-state index contributed by atoms with van der Waals surface area (Å²) in [6.07, 6.45) is 5.35. The van der Waals surface area contributed by atoms with E-state index < -0.39 is 12.1 Å². The molecule has 0 spiro atoms. The monoisotopic (exact) mass is 248 g/mol. The summed E-state index contributed by atoms with van der Waals surface area (Å²) in [5.41, 5.74) is 6.67. The first-order chi connectivity index (χ1) is 8.04. The first-order valence-electron chi connectivity index (χ1n) is 5.09. The number of hydrogen-bond donors (Lipinski definition) is 1. The first-order valence-corrected chi connectivity index (χ1v) is 5.97. The summed E-state index contributed by atoms with van der Waals surface area (Å²) >= 11 is 1.45. The molecule has 0 saturated carbocycles. The van der Waals surface area contributed by atoms with Crippen LogP contribution < -0.4 is 5.73 Å². The fourth-order valence-corrected chi connectivity index (χ4v) is 2.60. The lowest BCUT2D eigenvalue weighted by atomic mass is 10.2. The number of terminal acetylenes is 1. The number of aryl methyl sites for hydroxylation is 1. The number of carbonyl (C=O) groups is 1. The van der Waals surface area contributed by atoms with Gasteiger partial charge in [-0.25, -0.2) is 9.78 Å².